The summed E-state index contributed by atoms with van der Waals surface area (Å²) in [5, 5.41) is 21.6. The average Bonchev–Trinajstić information content (AvgIpc) is 3.06. The van der Waals surface area contributed by atoms with E-state index in [9.17, 15) is 15.2 Å². The molecular formula is C14H22N2O3S. The molecule has 1 fully saturated rings. The van der Waals surface area contributed by atoms with E-state index in [4.69, 9.17) is 0 Å². The number of aliphatic hydroxyl groups excluding tert-OH is 1. The second-order valence-corrected chi connectivity index (χ2v) is 6.94. The van der Waals surface area contributed by atoms with Gasteiger partial charge in [0.2, 0.25) is 0 Å². The summed E-state index contributed by atoms with van der Waals surface area (Å²) in [6, 6.07) is 1.96. The third-order valence-corrected chi connectivity index (χ3v) is 4.85. The summed E-state index contributed by atoms with van der Waals surface area (Å²) < 4.78 is 0. The van der Waals surface area contributed by atoms with E-state index >= 15 is 0 Å². The summed E-state index contributed by atoms with van der Waals surface area (Å²) in [5.74, 6) is 0.575. The van der Waals surface area contributed by atoms with Crippen molar-refractivity contribution >= 4 is 22.0 Å². The highest BCUT2D eigenvalue weighted by Gasteiger charge is 2.35. The van der Waals surface area contributed by atoms with Gasteiger partial charge in [0, 0.05) is 23.5 Å². The third kappa shape index (κ3) is 3.49. The van der Waals surface area contributed by atoms with Crippen molar-refractivity contribution in [3.05, 3.63) is 21.1 Å². The van der Waals surface area contributed by atoms with Gasteiger partial charge in [0.15, 0.2) is 5.00 Å². The highest BCUT2D eigenvalue weighted by Crippen LogP contribution is 2.44. The molecule has 0 spiro atoms. The minimum absolute atomic E-state index is 0.140. The van der Waals surface area contributed by atoms with Crippen LogP contribution in [-0.2, 0) is 0 Å². The summed E-state index contributed by atoms with van der Waals surface area (Å²) >= 11 is 1.36. The fourth-order valence-corrected chi connectivity index (χ4v) is 3.33. The zero-order valence-corrected chi connectivity index (χ0v) is 13.0. The van der Waals surface area contributed by atoms with E-state index in [2.05, 4.69) is 18.7 Å². The van der Waals surface area contributed by atoms with Gasteiger partial charge in [0.05, 0.1) is 11.0 Å². The Hall–Kier alpha value is -1.14. The molecule has 1 aliphatic carbocycles. The molecule has 6 heteroatoms. The van der Waals surface area contributed by atoms with Crippen LogP contribution in [0.4, 0.5) is 10.7 Å². The molecule has 1 N–H and O–H groups in total. The monoisotopic (exact) mass is 298 g/mol. The Bertz CT molecular complexity index is 481. The van der Waals surface area contributed by atoms with Crippen LogP contribution in [0.5, 0.6) is 0 Å². The minimum Gasteiger partial charge on any atom is -0.388 e. The number of thiophene rings is 1. The van der Waals surface area contributed by atoms with Crippen molar-refractivity contribution in [3.8, 4) is 0 Å². The highest BCUT2D eigenvalue weighted by molar-refractivity contribution is 7.16. The minimum atomic E-state index is -0.654. The van der Waals surface area contributed by atoms with E-state index in [-0.39, 0.29) is 10.6 Å². The molecule has 1 heterocycles. The first-order valence-electron chi connectivity index (χ1n) is 7.13. The van der Waals surface area contributed by atoms with E-state index in [0.717, 1.165) is 25.8 Å². The van der Waals surface area contributed by atoms with Crippen LogP contribution < -0.4 is 4.90 Å². The number of nitro groups is 1. The van der Waals surface area contributed by atoms with Crippen LogP contribution in [0.25, 0.3) is 0 Å². The molecule has 0 aromatic carbocycles. The molecular weight excluding hydrogens is 276 g/mol. The van der Waals surface area contributed by atoms with Gasteiger partial charge in [-0.05, 0) is 32.1 Å². The Labute approximate surface area is 123 Å². The first-order valence-corrected chi connectivity index (χ1v) is 7.94. The SMILES string of the molecule is CC(C)CCN(c1sc([C@@H](C)O)cc1[N+](=O)[O-])C1CC1. The second kappa shape index (κ2) is 6.10. The van der Waals surface area contributed by atoms with Crippen LogP contribution in [0.2, 0.25) is 0 Å². The summed E-state index contributed by atoms with van der Waals surface area (Å²) in [6.07, 6.45) is 2.59. The Morgan fingerprint density at radius 2 is 2.15 bits per heavy atom. The molecule has 2 rings (SSSR count). The zero-order chi connectivity index (χ0) is 14.9. The third-order valence-electron chi connectivity index (χ3n) is 3.52. The molecule has 0 radical (unpaired) electrons. The smallest absolute Gasteiger partial charge is 0.304 e. The van der Waals surface area contributed by atoms with E-state index in [1.54, 1.807) is 6.92 Å². The second-order valence-electron chi connectivity index (χ2n) is 5.88. The Kier molecular flexibility index (Phi) is 4.65. The lowest BCUT2D eigenvalue weighted by atomic mass is 10.1. The Balaban J connectivity index is 2.28. The standard InChI is InChI=1S/C14H22N2O3S/c1-9(2)6-7-15(11-4-5-11)14-12(16(18)19)8-13(20-14)10(3)17/h8-11,17H,4-7H2,1-3H3/t10-/m1/s1. The van der Waals surface area contributed by atoms with Crippen LogP contribution in [0.15, 0.2) is 6.07 Å². The number of rotatable bonds is 7. The van der Waals surface area contributed by atoms with Crippen molar-refractivity contribution in [2.24, 2.45) is 5.92 Å². The zero-order valence-electron chi connectivity index (χ0n) is 12.2. The van der Waals surface area contributed by atoms with Crippen molar-refractivity contribution in [2.75, 3.05) is 11.4 Å². The van der Waals surface area contributed by atoms with Gasteiger partial charge in [-0.25, -0.2) is 0 Å². The quantitative estimate of drug-likeness (QED) is 0.615. The number of hydrogen-bond donors (Lipinski definition) is 1. The number of anilines is 1. The molecule has 0 saturated heterocycles. The normalized spacial score (nSPS) is 16.4. The van der Waals surface area contributed by atoms with Gasteiger partial charge in [-0.3, -0.25) is 10.1 Å². The van der Waals surface area contributed by atoms with Crippen LogP contribution in [0.3, 0.4) is 0 Å². The van der Waals surface area contributed by atoms with Crippen molar-refractivity contribution < 1.29 is 10.0 Å². The molecule has 5 nitrogen and oxygen atoms in total. The highest BCUT2D eigenvalue weighted by atomic mass is 32.1. The Morgan fingerprint density at radius 3 is 2.60 bits per heavy atom. The summed E-state index contributed by atoms with van der Waals surface area (Å²) in [5.41, 5.74) is 0.140. The van der Waals surface area contributed by atoms with E-state index in [1.807, 2.05) is 0 Å². The molecule has 1 atom stereocenters. The van der Waals surface area contributed by atoms with Crippen LogP contribution >= 0.6 is 11.3 Å². The van der Waals surface area contributed by atoms with Gasteiger partial charge in [-0.1, -0.05) is 13.8 Å². The fourth-order valence-electron chi connectivity index (χ4n) is 2.17. The Morgan fingerprint density at radius 1 is 1.50 bits per heavy atom. The largest absolute Gasteiger partial charge is 0.388 e. The molecule has 1 aromatic heterocycles. The molecule has 1 saturated carbocycles. The number of nitrogens with zero attached hydrogens (tertiary/aromatic N) is 2. The van der Waals surface area contributed by atoms with Crippen molar-refractivity contribution in [1.82, 2.24) is 0 Å². The topological polar surface area (TPSA) is 66.6 Å². The summed E-state index contributed by atoms with van der Waals surface area (Å²) in [7, 11) is 0. The lowest BCUT2D eigenvalue weighted by molar-refractivity contribution is -0.383. The predicted molar refractivity (Wildman–Crippen MR) is 81.4 cm³/mol. The van der Waals surface area contributed by atoms with Gasteiger partial charge < -0.3 is 10.0 Å². The number of hydrogen-bond acceptors (Lipinski definition) is 5. The lowest BCUT2D eigenvalue weighted by Gasteiger charge is -2.23. The number of aliphatic hydroxyl groups is 1. The average molecular weight is 298 g/mol. The molecule has 0 unspecified atom stereocenters. The molecule has 0 aliphatic heterocycles. The molecule has 0 amide bonds. The van der Waals surface area contributed by atoms with Crippen LogP contribution in [0.1, 0.15) is 51.0 Å². The van der Waals surface area contributed by atoms with Gasteiger partial charge in [-0.2, -0.15) is 0 Å². The maximum atomic E-state index is 11.2. The van der Waals surface area contributed by atoms with Gasteiger partial charge in [0.25, 0.3) is 0 Å². The maximum absolute atomic E-state index is 11.2. The molecule has 112 valence electrons. The van der Waals surface area contributed by atoms with E-state index in [0.29, 0.717) is 21.8 Å². The van der Waals surface area contributed by atoms with E-state index < -0.39 is 6.10 Å². The van der Waals surface area contributed by atoms with Crippen molar-refractivity contribution in [2.45, 2.75) is 52.2 Å². The van der Waals surface area contributed by atoms with Crippen molar-refractivity contribution in [1.29, 1.82) is 0 Å². The molecule has 1 aliphatic rings. The summed E-state index contributed by atoms with van der Waals surface area (Å²) in [6.45, 7) is 6.82. The lowest BCUT2D eigenvalue weighted by Crippen LogP contribution is -2.27. The predicted octanol–water partition coefficient (Wildman–Crippen LogP) is 3.72. The van der Waals surface area contributed by atoms with Crippen LogP contribution in [-0.4, -0.2) is 22.6 Å². The van der Waals surface area contributed by atoms with E-state index in [1.165, 1.54) is 17.4 Å². The van der Waals surface area contributed by atoms with Gasteiger partial charge >= 0.3 is 5.69 Å². The summed E-state index contributed by atoms with van der Waals surface area (Å²) in [4.78, 5) is 13.8. The first-order chi connectivity index (χ1) is 9.40. The molecule has 0 bridgehead atoms. The fraction of sp³-hybridized carbons (Fsp3) is 0.714. The van der Waals surface area contributed by atoms with Crippen molar-refractivity contribution in [3.63, 3.8) is 0 Å². The molecule has 1 aromatic rings. The van der Waals surface area contributed by atoms with Crippen LogP contribution in [0, 0.1) is 16.0 Å². The first kappa shape index (κ1) is 15.3. The maximum Gasteiger partial charge on any atom is 0.304 e. The molecule has 20 heavy (non-hydrogen) atoms. The van der Waals surface area contributed by atoms with Gasteiger partial charge in [0.1, 0.15) is 0 Å². The van der Waals surface area contributed by atoms with Gasteiger partial charge in [-0.15, -0.1) is 11.3 Å².